The van der Waals surface area contributed by atoms with Gasteiger partial charge in [0.15, 0.2) is 0 Å². The molecule has 0 radical (unpaired) electrons. The molecule has 4 heterocycles. The summed E-state index contributed by atoms with van der Waals surface area (Å²) in [6.07, 6.45) is 3.38. The molecule has 0 aromatic carbocycles. The van der Waals surface area contributed by atoms with E-state index < -0.39 is 0 Å². The Morgan fingerprint density at radius 3 is 2.23 bits per heavy atom. The van der Waals surface area contributed by atoms with Gasteiger partial charge in [-0.1, -0.05) is 0 Å². The molecule has 0 atom stereocenters. The van der Waals surface area contributed by atoms with E-state index in [-0.39, 0.29) is 0 Å². The average Bonchev–Trinajstić information content (AvgIpc) is 2.75. The second-order valence-corrected chi connectivity index (χ2v) is 6.21. The van der Waals surface area contributed by atoms with Crippen molar-refractivity contribution in [3.63, 3.8) is 0 Å². The highest BCUT2D eigenvalue weighted by Crippen LogP contribution is 2.21. The lowest BCUT2D eigenvalue weighted by atomic mass is 10.3. The third-order valence-corrected chi connectivity index (χ3v) is 4.69. The molecule has 0 unspecified atom stereocenters. The van der Waals surface area contributed by atoms with Gasteiger partial charge in [0.25, 0.3) is 0 Å². The van der Waals surface area contributed by atoms with Crippen LogP contribution in [0, 0.1) is 0 Å². The molecular weight excluding hydrogens is 334 g/mol. The Balaban J connectivity index is 1.41. The summed E-state index contributed by atoms with van der Waals surface area (Å²) in [5.41, 5.74) is 0. The van der Waals surface area contributed by atoms with Gasteiger partial charge >= 0.3 is 0 Å². The van der Waals surface area contributed by atoms with Crippen molar-refractivity contribution in [2.45, 2.75) is 0 Å². The van der Waals surface area contributed by atoms with Crippen LogP contribution in [0.2, 0.25) is 0 Å². The second-order valence-electron chi connectivity index (χ2n) is 6.21. The van der Waals surface area contributed by atoms with Crippen molar-refractivity contribution >= 4 is 17.6 Å². The molecule has 0 bridgehead atoms. The first-order chi connectivity index (χ1) is 12.8. The molecule has 2 aliphatic heterocycles. The Bertz CT molecular complexity index is 731. The van der Waals surface area contributed by atoms with Crippen molar-refractivity contribution in [2.24, 2.45) is 0 Å². The van der Waals surface area contributed by atoms with Crippen LogP contribution in [0.25, 0.3) is 0 Å². The molecule has 9 heteroatoms. The average molecular weight is 357 g/mol. The number of piperazine rings is 1. The number of methoxy groups -OCH3 is 1. The number of rotatable bonds is 4. The zero-order valence-corrected chi connectivity index (χ0v) is 14.9. The number of nitrogens with zero attached hydrogens (tertiary/aromatic N) is 7. The number of anilines is 3. The number of hydrogen-bond acceptors (Lipinski definition) is 9. The van der Waals surface area contributed by atoms with E-state index in [1.165, 1.54) is 0 Å². The molecule has 0 spiro atoms. The van der Waals surface area contributed by atoms with E-state index >= 15 is 0 Å². The van der Waals surface area contributed by atoms with Crippen molar-refractivity contribution in [2.75, 3.05) is 74.3 Å². The Hall–Kier alpha value is -2.68. The molecule has 0 saturated carbocycles. The van der Waals surface area contributed by atoms with E-state index in [0.29, 0.717) is 11.8 Å². The summed E-state index contributed by atoms with van der Waals surface area (Å²) in [4.78, 5) is 24.4. The number of aromatic nitrogens is 4. The highest BCUT2D eigenvalue weighted by molar-refractivity contribution is 5.51. The normalized spacial score (nSPS) is 18.1. The van der Waals surface area contributed by atoms with Crippen molar-refractivity contribution in [1.82, 2.24) is 19.9 Å². The fraction of sp³-hybridized carbons (Fsp3) is 0.529. The molecule has 2 aliphatic rings. The van der Waals surface area contributed by atoms with E-state index in [9.17, 15) is 0 Å². The minimum absolute atomic E-state index is 0.586. The van der Waals surface area contributed by atoms with Crippen LogP contribution in [0.15, 0.2) is 24.7 Å². The quantitative estimate of drug-likeness (QED) is 0.774. The zero-order chi connectivity index (χ0) is 17.8. The van der Waals surface area contributed by atoms with Gasteiger partial charge in [0.2, 0.25) is 11.8 Å². The van der Waals surface area contributed by atoms with E-state index in [1.54, 1.807) is 25.7 Å². The second kappa shape index (κ2) is 7.69. The summed E-state index contributed by atoms with van der Waals surface area (Å²) >= 11 is 0. The number of ether oxygens (including phenoxy) is 2. The predicted octanol–water partition coefficient (Wildman–Crippen LogP) is 0.438. The van der Waals surface area contributed by atoms with Gasteiger partial charge in [-0.3, -0.25) is 0 Å². The standard InChI is InChI=1S/C17H23N7O2/c1-25-16-2-3-18-17(21-16)24-6-4-22(5-7-24)14-12-15(20-13-19-14)23-8-10-26-11-9-23/h2-3,12-13H,4-11H2,1H3. The van der Waals surface area contributed by atoms with Crippen molar-refractivity contribution in [3.8, 4) is 5.88 Å². The molecule has 0 amide bonds. The molecule has 4 rings (SSSR count). The molecule has 9 nitrogen and oxygen atoms in total. The maximum Gasteiger partial charge on any atom is 0.228 e. The van der Waals surface area contributed by atoms with Gasteiger partial charge in [-0.25, -0.2) is 15.0 Å². The topological polar surface area (TPSA) is 79.7 Å². The molecule has 2 saturated heterocycles. The highest BCUT2D eigenvalue weighted by Gasteiger charge is 2.21. The molecule has 2 aromatic rings. The van der Waals surface area contributed by atoms with Gasteiger partial charge in [-0.2, -0.15) is 4.98 Å². The lowest BCUT2D eigenvalue weighted by Crippen LogP contribution is -2.47. The van der Waals surface area contributed by atoms with Gasteiger partial charge in [0.1, 0.15) is 18.0 Å². The van der Waals surface area contributed by atoms with Crippen LogP contribution < -0.4 is 19.4 Å². The molecular formula is C17H23N7O2. The summed E-state index contributed by atoms with van der Waals surface area (Å²) in [6, 6.07) is 3.83. The summed E-state index contributed by atoms with van der Waals surface area (Å²) in [6.45, 7) is 6.64. The van der Waals surface area contributed by atoms with Gasteiger partial charge in [-0.05, 0) is 0 Å². The van der Waals surface area contributed by atoms with Crippen LogP contribution in [0.1, 0.15) is 0 Å². The van der Waals surface area contributed by atoms with Crippen molar-refractivity contribution in [3.05, 3.63) is 24.7 Å². The smallest absolute Gasteiger partial charge is 0.228 e. The Morgan fingerprint density at radius 2 is 1.54 bits per heavy atom. The van der Waals surface area contributed by atoms with Crippen molar-refractivity contribution in [1.29, 1.82) is 0 Å². The van der Waals surface area contributed by atoms with E-state index in [4.69, 9.17) is 9.47 Å². The fourth-order valence-electron chi connectivity index (χ4n) is 3.21. The van der Waals surface area contributed by atoms with Crippen LogP contribution in [0.4, 0.5) is 17.6 Å². The van der Waals surface area contributed by atoms with E-state index in [0.717, 1.165) is 64.1 Å². The van der Waals surface area contributed by atoms with Gasteiger partial charge < -0.3 is 24.2 Å². The Labute approximate surface area is 152 Å². The lowest BCUT2D eigenvalue weighted by molar-refractivity contribution is 0.122. The summed E-state index contributed by atoms with van der Waals surface area (Å²) in [5.74, 6) is 3.23. The maximum absolute atomic E-state index is 5.42. The summed E-state index contributed by atoms with van der Waals surface area (Å²) in [5, 5.41) is 0. The van der Waals surface area contributed by atoms with Gasteiger partial charge in [0.05, 0.1) is 20.3 Å². The number of hydrogen-bond donors (Lipinski definition) is 0. The number of morpholine rings is 1. The molecule has 26 heavy (non-hydrogen) atoms. The molecule has 0 aliphatic carbocycles. The Morgan fingerprint density at radius 1 is 0.885 bits per heavy atom. The molecule has 138 valence electrons. The predicted molar refractivity (Wildman–Crippen MR) is 98.1 cm³/mol. The van der Waals surface area contributed by atoms with E-state index in [1.807, 2.05) is 0 Å². The highest BCUT2D eigenvalue weighted by atomic mass is 16.5. The van der Waals surface area contributed by atoms with Crippen LogP contribution >= 0.6 is 0 Å². The van der Waals surface area contributed by atoms with Gasteiger partial charge in [0, 0.05) is 57.6 Å². The van der Waals surface area contributed by atoms with Gasteiger partial charge in [-0.15, -0.1) is 0 Å². The first-order valence-electron chi connectivity index (χ1n) is 8.85. The first-order valence-corrected chi connectivity index (χ1v) is 8.85. The third kappa shape index (κ3) is 3.62. The Kier molecular flexibility index (Phi) is 4.96. The van der Waals surface area contributed by atoms with Crippen LogP contribution in [-0.2, 0) is 4.74 Å². The van der Waals surface area contributed by atoms with Crippen molar-refractivity contribution < 1.29 is 9.47 Å². The summed E-state index contributed by atoms with van der Waals surface area (Å²) in [7, 11) is 1.62. The lowest BCUT2D eigenvalue weighted by Gasteiger charge is -2.36. The minimum atomic E-state index is 0.586. The van der Waals surface area contributed by atoms with E-state index in [2.05, 4.69) is 40.7 Å². The first kappa shape index (κ1) is 16.8. The third-order valence-electron chi connectivity index (χ3n) is 4.69. The molecule has 2 fully saturated rings. The van der Waals surface area contributed by atoms with Crippen LogP contribution in [0.5, 0.6) is 5.88 Å². The largest absolute Gasteiger partial charge is 0.481 e. The minimum Gasteiger partial charge on any atom is -0.481 e. The van der Waals surface area contributed by atoms with Crippen LogP contribution in [-0.4, -0.2) is 79.5 Å². The summed E-state index contributed by atoms with van der Waals surface area (Å²) < 4.78 is 10.6. The maximum atomic E-state index is 5.42. The zero-order valence-electron chi connectivity index (χ0n) is 14.9. The SMILES string of the molecule is COc1ccnc(N2CCN(c3cc(N4CCOCC4)ncn3)CC2)n1. The monoisotopic (exact) mass is 357 g/mol. The molecule has 2 aromatic heterocycles. The van der Waals surface area contributed by atoms with Crippen LogP contribution in [0.3, 0.4) is 0 Å². The molecule has 0 N–H and O–H groups in total. The fourth-order valence-corrected chi connectivity index (χ4v) is 3.21.